The minimum Gasteiger partial charge on any atom is -0.469 e. The quantitative estimate of drug-likeness (QED) is 0.754. The van der Waals surface area contributed by atoms with Gasteiger partial charge in [0, 0.05) is 20.9 Å². The van der Waals surface area contributed by atoms with Gasteiger partial charge in [0.2, 0.25) is 0 Å². The molecule has 3 heterocycles. The van der Waals surface area contributed by atoms with Gasteiger partial charge in [0.1, 0.15) is 16.7 Å². The van der Waals surface area contributed by atoms with Crippen LogP contribution in [0.15, 0.2) is 34.3 Å². The topological polar surface area (TPSA) is 63.0 Å². The first kappa shape index (κ1) is 12.0. The zero-order valence-electron chi connectivity index (χ0n) is 10.1. The van der Waals surface area contributed by atoms with E-state index in [-0.39, 0.29) is 0 Å². The van der Waals surface area contributed by atoms with E-state index in [4.69, 9.17) is 15.4 Å². The van der Waals surface area contributed by atoms with Gasteiger partial charge in [-0.3, -0.25) is 0 Å². The molecule has 0 saturated carbocycles. The van der Waals surface area contributed by atoms with Crippen molar-refractivity contribution >= 4 is 28.4 Å². The van der Waals surface area contributed by atoms with Crippen LogP contribution >= 0.6 is 22.7 Å². The van der Waals surface area contributed by atoms with Crippen molar-refractivity contribution in [3.8, 4) is 27.0 Å². The fourth-order valence-electron chi connectivity index (χ4n) is 1.96. The Balaban J connectivity index is 2.27. The zero-order valence-corrected chi connectivity index (χ0v) is 11.8. The summed E-state index contributed by atoms with van der Waals surface area (Å²) in [5.41, 5.74) is 8.59. The van der Waals surface area contributed by atoms with Crippen LogP contribution in [0, 0.1) is 18.3 Å². The van der Waals surface area contributed by atoms with Crippen LogP contribution in [-0.4, -0.2) is 0 Å². The molecule has 5 heteroatoms. The molecular weight excluding hydrogens is 276 g/mol. The van der Waals surface area contributed by atoms with Crippen LogP contribution in [0.1, 0.15) is 10.6 Å². The molecule has 3 rings (SSSR count). The summed E-state index contributed by atoms with van der Waals surface area (Å²) in [7, 11) is 0. The number of nitrogen functional groups attached to an aromatic ring is 1. The lowest BCUT2D eigenvalue weighted by molar-refractivity contribution is 0.535. The summed E-state index contributed by atoms with van der Waals surface area (Å²) < 4.78 is 5.36. The molecule has 3 nitrogen and oxygen atoms in total. The molecule has 3 aromatic rings. The third kappa shape index (κ3) is 1.95. The highest BCUT2D eigenvalue weighted by Gasteiger charge is 2.20. The minimum atomic E-state index is 0.553. The molecule has 0 spiro atoms. The molecule has 0 aliphatic heterocycles. The van der Waals surface area contributed by atoms with Crippen molar-refractivity contribution in [3.63, 3.8) is 0 Å². The van der Waals surface area contributed by atoms with E-state index in [0.717, 1.165) is 26.6 Å². The van der Waals surface area contributed by atoms with Gasteiger partial charge in [-0.1, -0.05) is 6.07 Å². The van der Waals surface area contributed by atoms with Crippen molar-refractivity contribution in [2.45, 2.75) is 6.92 Å². The molecule has 0 amide bonds. The summed E-state index contributed by atoms with van der Waals surface area (Å²) in [6.07, 6.45) is 1.71. The fraction of sp³-hybridized carbons (Fsp3) is 0.0714. The van der Waals surface area contributed by atoms with Crippen molar-refractivity contribution in [2.24, 2.45) is 0 Å². The number of hydrogen-bond acceptors (Lipinski definition) is 5. The second-order valence-electron chi connectivity index (χ2n) is 4.08. The highest BCUT2D eigenvalue weighted by molar-refractivity contribution is 7.18. The summed E-state index contributed by atoms with van der Waals surface area (Å²) in [5.74, 6) is 0.845. The van der Waals surface area contributed by atoms with E-state index in [1.165, 1.54) is 11.3 Å². The molecule has 0 fully saturated rings. The van der Waals surface area contributed by atoms with Gasteiger partial charge in [-0.2, -0.15) is 5.26 Å². The predicted octanol–water partition coefficient (Wildman–Crippen LogP) is 4.50. The van der Waals surface area contributed by atoms with E-state index in [9.17, 15) is 0 Å². The number of aryl methyl sites for hydroxylation is 1. The first-order chi connectivity index (χ1) is 9.20. The summed E-state index contributed by atoms with van der Waals surface area (Å²) >= 11 is 3.03. The second kappa shape index (κ2) is 4.57. The van der Waals surface area contributed by atoms with E-state index in [1.54, 1.807) is 17.6 Å². The Labute approximate surface area is 118 Å². The van der Waals surface area contributed by atoms with E-state index in [0.29, 0.717) is 10.6 Å². The van der Waals surface area contributed by atoms with Crippen LogP contribution < -0.4 is 5.73 Å². The summed E-state index contributed by atoms with van der Waals surface area (Å²) in [6.45, 7) is 1.90. The molecule has 0 bridgehead atoms. The lowest BCUT2D eigenvalue weighted by Crippen LogP contribution is -1.87. The number of anilines is 1. The summed E-state index contributed by atoms with van der Waals surface area (Å²) in [5, 5.41) is 11.2. The lowest BCUT2D eigenvalue weighted by atomic mass is 10.1. The Hall–Kier alpha value is -2.03. The van der Waals surface area contributed by atoms with Gasteiger partial charge in [0.05, 0.1) is 12.0 Å². The predicted molar refractivity (Wildman–Crippen MR) is 79.2 cm³/mol. The average Bonchev–Trinajstić information content (AvgIpc) is 3.08. The number of furan rings is 1. The van der Waals surface area contributed by atoms with Gasteiger partial charge in [-0.05, 0) is 24.4 Å². The summed E-state index contributed by atoms with van der Waals surface area (Å²) in [4.78, 5) is 2.62. The Morgan fingerprint density at radius 2 is 2.26 bits per heavy atom. The maximum atomic E-state index is 9.17. The van der Waals surface area contributed by atoms with Crippen molar-refractivity contribution in [1.82, 2.24) is 0 Å². The Bertz CT molecular complexity index is 760. The van der Waals surface area contributed by atoms with E-state index in [1.807, 2.05) is 30.5 Å². The highest BCUT2D eigenvalue weighted by atomic mass is 32.1. The number of hydrogen-bond donors (Lipinski definition) is 1. The number of nitrogens with two attached hydrogens (primary N) is 1. The smallest absolute Gasteiger partial charge is 0.129 e. The SMILES string of the molecule is Cc1cc(-c2sc(C#N)c(N)c2-c2cccs2)co1. The number of nitriles is 1. The number of thiophene rings is 2. The first-order valence-electron chi connectivity index (χ1n) is 5.62. The van der Waals surface area contributed by atoms with Gasteiger partial charge in [0.15, 0.2) is 0 Å². The molecule has 2 N–H and O–H groups in total. The molecule has 94 valence electrons. The van der Waals surface area contributed by atoms with Crippen LogP contribution in [0.5, 0.6) is 0 Å². The maximum absolute atomic E-state index is 9.17. The largest absolute Gasteiger partial charge is 0.469 e. The average molecular weight is 286 g/mol. The van der Waals surface area contributed by atoms with E-state index < -0.39 is 0 Å². The molecular formula is C14H10N2OS2. The van der Waals surface area contributed by atoms with Crippen molar-refractivity contribution in [2.75, 3.05) is 5.73 Å². The van der Waals surface area contributed by atoms with Gasteiger partial charge >= 0.3 is 0 Å². The minimum absolute atomic E-state index is 0.553. The molecule has 0 atom stereocenters. The van der Waals surface area contributed by atoms with Crippen LogP contribution in [0.2, 0.25) is 0 Å². The first-order valence-corrected chi connectivity index (χ1v) is 7.32. The van der Waals surface area contributed by atoms with Crippen LogP contribution in [-0.2, 0) is 0 Å². The molecule has 19 heavy (non-hydrogen) atoms. The number of rotatable bonds is 2. The fourth-order valence-corrected chi connectivity index (χ4v) is 3.82. The molecule has 0 aromatic carbocycles. The van der Waals surface area contributed by atoms with Gasteiger partial charge in [-0.15, -0.1) is 22.7 Å². The maximum Gasteiger partial charge on any atom is 0.129 e. The molecule has 3 aromatic heterocycles. The second-order valence-corrected chi connectivity index (χ2v) is 6.05. The van der Waals surface area contributed by atoms with Crippen molar-refractivity contribution < 1.29 is 4.42 Å². The molecule has 0 saturated heterocycles. The van der Waals surface area contributed by atoms with Crippen LogP contribution in [0.4, 0.5) is 5.69 Å². The highest BCUT2D eigenvalue weighted by Crippen LogP contribution is 2.46. The lowest BCUT2D eigenvalue weighted by Gasteiger charge is -2.00. The molecule has 0 radical (unpaired) electrons. The van der Waals surface area contributed by atoms with E-state index in [2.05, 4.69) is 6.07 Å². The third-order valence-electron chi connectivity index (χ3n) is 2.81. The van der Waals surface area contributed by atoms with Crippen LogP contribution in [0.25, 0.3) is 20.9 Å². The molecule has 0 aliphatic rings. The van der Waals surface area contributed by atoms with Crippen molar-refractivity contribution in [3.05, 3.63) is 40.5 Å². The zero-order chi connectivity index (χ0) is 13.4. The van der Waals surface area contributed by atoms with Crippen molar-refractivity contribution in [1.29, 1.82) is 5.26 Å². The molecule has 0 unspecified atom stereocenters. The number of nitrogens with zero attached hydrogens (tertiary/aromatic N) is 1. The molecule has 0 aliphatic carbocycles. The van der Waals surface area contributed by atoms with Crippen LogP contribution in [0.3, 0.4) is 0 Å². The summed E-state index contributed by atoms with van der Waals surface area (Å²) in [6, 6.07) is 8.12. The monoisotopic (exact) mass is 286 g/mol. The Morgan fingerprint density at radius 1 is 1.42 bits per heavy atom. The Kier molecular flexibility index (Phi) is 2.90. The third-order valence-corrected chi connectivity index (χ3v) is 4.85. The van der Waals surface area contributed by atoms with E-state index >= 15 is 0 Å². The van der Waals surface area contributed by atoms with Gasteiger partial charge in [0.25, 0.3) is 0 Å². The van der Waals surface area contributed by atoms with Gasteiger partial charge < -0.3 is 10.2 Å². The normalized spacial score (nSPS) is 10.5. The standard InChI is InChI=1S/C14H10N2OS2/c1-8-5-9(7-17-8)14-12(10-3-2-4-18-10)13(16)11(6-15)19-14/h2-5,7H,16H2,1H3. The Morgan fingerprint density at radius 3 is 2.84 bits per heavy atom. The van der Waals surface area contributed by atoms with Gasteiger partial charge in [-0.25, -0.2) is 0 Å².